The quantitative estimate of drug-likeness (QED) is 0.0222. The van der Waals surface area contributed by atoms with E-state index in [1.165, 1.54) is 186 Å². The van der Waals surface area contributed by atoms with Crippen LogP contribution in [0.3, 0.4) is 0 Å². The highest BCUT2D eigenvalue weighted by Crippen LogP contribution is 2.45. The summed E-state index contributed by atoms with van der Waals surface area (Å²) in [6.45, 7) is 9.53. The summed E-state index contributed by atoms with van der Waals surface area (Å²) in [5.74, 6) is -0.627. The lowest BCUT2D eigenvalue weighted by Crippen LogP contribution is -2.30. The highest BCUT2D eigenvalue weighted by atomic mass is 31.2. The van der Waals surface area contributed by atoms with E-state index in [1.54, 1.807) is 0 Å². The number of carbonyl (C=O) groups excluding carboxylic acids is 4. The van der Waals surface area contributed by atoms with Crippen molar-refractivity contribution >= 4 is 39.5 Å². The number of unbranched alkanes of at least 4 members (excludes halogenated alkanes) is 41. The number of hydrogen-bond acceptors (Lipinski definition) is 15. The van der Waals surface area contributed by atoms with Gasteiger partial charge in [0.25, 0.3) is 0 Å². The second-order valence-electron chi connectivity index (χ2n) is 26.9. The second-order valence-corrected chi connectivity index (χ2v) is 29.8. The monoisotopic (exact) mass is 1340 g/mol. The number of phosphoric ester groups is 2. The lowest BCUT2D eigenvalue weighted by Gasteiger charge is -2.21. The van der Waals surface area contributed by atoms with Gasteiger partial charge in [-0.3, -0.25) is 37.3 Å². The molecule has 0 rings (SSSR count). The van der Waals surface area contributed by atoms with Crippen molar-refractivity contribution in [1.29, 1.82) is 0 Å². The summed E-state index contributed by atoms with van der Waals surface area (Å²) in [7, 11) is -9.90. The number of rotatable bonds is 71. The average molecular weight is 1340 g/mol. The Morgan fingerprint density at radius 1 is 0.297 bits per heavy atom. The third kappa shape index (κ3) is 66.5. The molecule has 0 aromatic rings. The van der Waals surface area contributed by atoms with Crippen molar-refractivity contribution in [2.75, 3.05) is 39.6 Å². The second kappa shape index (κ2) is 64.1. The molecule has 19 heteroatoms. The number of carbonyl (C=O) groups is 4. The predicted octanol–water partition coefficient (Wildman–Crippen LogP) is 20.8. The Balaban J connectivity index is 5.24. The Hall–Kier alpha value is -1.94. The predicted molar refractivity (Wildman–Crippen MR) is 368 cm³/mol. The maximum Gasteiger partial charge on any atom is 0.472 e. The van der Waals surface area contributed by atoms with Crippen molar-refractivity contribution in [3.8, 4) is 0 Å². The van der Waals surface area contributed by atoms with Crippen LogP contribution in [0, 0.1) is 11.8 Å². The van der Waals surface area contributed by atoms with Crippen LogP contribution in [0.2, 0.25) is 0 Å². The molecule has 2 unspecified atom stereocenters. The molecule has 0 aromatic carbocycles. The Bertz CT molecular complexity index is 1770. The Morgan fingerprint density at radius 3 is 0.747 bits per heavy atom. The first-order chi connectivity index (χ1) is 43.9. The summed E-state index contributed by atoms with van der Waals surface area (Å²) in [5.41, 5.74) is 0. The third-order valence-electron chi connectivity index (χ3n) is 16.7. The summed E-state index contributed by atoms with van der Waals surface area (Å²) in [6.07, 6.45) is 49.9. The number of ether oxygens (including phenoxy) is 4. The Kier molecular flexibility index (Phi) is 62.7. The van der Waals surface area contributed by atoms with Crippen LogP contribution in [0.25, 0.3) is 0 Å². The minimum atomic E-state index is -4.95. The molecule has 17 nitrogen and oxygen atoms in total. The minimum Gasteiger partial charge on any atom is -0.462 e. The molecule has 0 aliphatic carbocycles. The van der Waals surface area contributed by atoms with Crippen LogP contribution in [-0.4, -0.2) is 96.7 Å². The fourth-order valence-electron chi connectivity index (χ4n) is 10.9. The van der Waals surface area contributed by atoms with Gasteiger partial charge in [0.15, 0.2) is 12.2 Å². The Labute approximate surface area is 556 Å². The molecule has 91 heavy (non-hydrogen) atoms. The van der Waals surface area contributed by atoms with Crippen molar-refractivity contribution in [1.82, 2.24) is 0 Å². The zero-order valence-corrected chi connectivity index (χ0v) is 60.9. The van der Waals surface area contributed by atoms with E-state index in [4.69, 9.17) is 37.0 Å². The molecule has 0 saturated carbocycles. The van der Waals surface area contributed by atoms with Crippen LogP contribution in [0.15, 0.2) is 0 Å². The molecule has 0 aliphatic rings. The van der Waals surface area contributed by atoms with E-state index >= 15 is 0 Å². The zero-order chi connectivity index (χ0) is 67.2. The van der Waals surface area contributed by atoms with Gasteiger partial charge >= 0.3 is 39.5 Å². The third-order valence-corrected chi connectivity index (χ3v) is 18.6. The van der Waals surface area contributed by atoms with Crippen molar-refractivity contribution < 1.29 is 80.2 Å². The molecule has 0 saturated heterocycles. The van der Waals surface area contributed by atoms with Gasteiger partial charge in [-0.1, -0.05) is 318 Å². The zero-order valence-electron chi connectivity index (χ0n) is 59.1. The highest BCUT2D eigenvalue weighted by molar-refractivity contribution is 7.47. The molecule has 0 amide bonds. The number of hydrogen-bond donors (Lipinski definition) is 3. The molecule has 0 fully saturated rings. The topological polar surface area (TPSA) is 237 Å². The summed E-state index contributed by atoms with van der Waals surface area (Å²) in [4.78, 5) is 72.6. The normalized spacial score (nSPS) is 14.1. The van der Waals surface area contributed by atoms with Crippen molar-refractivity contribution in [3.63, 3.8) is 0 Å². The van der Waals surface area contributed by atoms with Crippen LogP contribution in [0.5, 0.6) is 0 Å². The molecule has 5 atom stereocenters. The van der Waals surface area contributed by atoms with Gasteiger partial charge in [0.1, 0.15) is 19.3 Å². The van der Waals surface area contributed by atoms with Gasteiger partial charge in [-0.05, 0) is 37.5 Å². The van der Waals surface area contributed by atoms with E-state index in [0.717, 1.165) is 102 Å². The van der Waals surface area contributed by atoms with Gasteiger partial charge in [0.2, 0.25) is 0 Å². The van der Waals surface area contributed by atoms with E-state index < -0.39 is 97.5 Å². The van der Waals surface area contributed by atoms with Gasteiger partial charge in [0, 0.05) is 25.7 Å². The number of phosphoric acid groups is 2. The first-order valence-electron chi connectivity index (χ1n) is 37.5. The lowest BCUT2D eigenvalue weighted by atomic mass is 10.0. The molecule has 0 aliphatic heterocycles. The van der Waals surface area contributed by atoms with Gasteiger partial charge in [-0.2, -0.15) is 0 Å². The van der Waals surface area contributed by atoms with Crippen LogP contribution >= 0.6 is 15.6 Å². The fourth-order valence-corrected chi connectivity index (χ4v) is 12.5. The summed E-state index contributed by atoms with van der Waals surface area (Å²) < 4.78 is 68.4. The SMILES string of the molecule is CCCCCCCCCCCCCCCCCC(=O)OC[C@H](COP(=O)(O)OC[C@@H](O)COP(=O)(O)OC[C@@H](COC(=O)CCCCCCCCCCCC)OC(=O)CCCCCCCCCCC(C)C)OC(=O)CCCCCCCCCCCCCCC(C)C. The van der Waals surface area contributed by atoms with Gasteiger partial charge in [-0.15, -0.1) is 0 Å². The molecule has 0 aromatic heterocycles. The first kappa shape index (κ1) is 89.1. The van der Waals surface area contributed by atoms with E-state index in [2.05, 4.69) is 41.5 Å². The summed E-state index contributed by atoms with van der Waals surface area (Å²) in [5, 5.41) is 10.6. The van der Waals surface area contributed by atoms with Crippen molar-refractivity contribution in [2.24, 2.45) is 11.8 Å². The Morgan fingerprint density at radius 2 is 0.505 bits per heavy atom. The molecule has 0 radical (unpaired) electrons. The van der Waals surface area contributed by atoms with E-state index in [-0.39, 0.29) is 25.7 Å². The van der Waals surface area contributed by atoms with Gasteiger partial charge in [-0.25, -0.2) is 9.13 Å². The van der Waals surface area contributed by atoms with E-state index in [0.29, 0.717) is 25.7 Å². The first-order valence-corrected chi connectivity index (χ1v) is 40.5. The van der Waals surface area contributed by atoms with Crippen molar-refractivity contribution in [3.05, 3.63) is 0 Å². The lowest BCUT2D eigenvalue weighted by molar-refractivity contribution is -0.161. The molecule has 0 bridgehead atoms. The molecular weight excluding hydrogens is 1200 g/mol. The maximum absolute atomic E-state index is 13.0. The molecular formula is C72H140O17P2. The minimum absolute atomic E-state index is 0.105. The average Bonchev–Trinajstić information content (AvgIpc) is 2.50. The molecule has 0 spiro atoms. The molecule has 0 heterocycles. The van der Waals surface area contributed by atoms with Crippen molar-refractivity contribution in [2.45, 2.75) is 387 Å². The molecule has 540 valence electrons. The summed E-state index contributed by atoms with van der Waals surface area (Å²) in [6, 6.07) is 0. The van der Waals surface area contributed by atoms with E-state index in [9.17, 15) is 43.2 Å². The largest absolute Gasteiger partial charge is 0.472 e. The summed E-state index contributed by atoms with van der Waals surface area (Å²) >= 11 is 0. The van der Waals surface area contributed by atoms with Crippen LogP contribution < -0.4 is 0 Å². The smallest absolute Gasteiger partial charge is 0.462 e. The number of aliphatic hydroxyl groups is 1. The number of esters is 4. The van der Waals surface area contributed by atoms with Gasteiger partial charge in [0.05, 0.1) is 26.4 Å². The maximum atomic E-state index is 13.0. The molecule has 3 N–H and O–H groups in total. The fraction of sp³-hybridized carbons (Fsp3) is 0.944. The van der Waals surface area contributed by atoms with E-state index in [1.807, 2.05) is 0 Å². The van der Waals surface area contributed by atoms with Crippen LogP contribution in [0.4, 0.5) is 0 Å². The standard InChI is InChI=1S/C72H140O17P2/c1-7-9-11-13-15-17-19-20-21-22-26-30-37-43-49-55-70(75)83-60-67(88-71(76)56-50-44-38-31-27-24-23-25-28-34-40-46-52-64(3)4)62-86-90(78,79)84-58-66(73)59-85-91(80,81)87-63-68(61-82-69(74)54-48-42-36-29-18-16-14-12-10-8-2)89-72(77)57-51-45-39-33-32-35-41-47-53-65(5)6/h64-68,73H,7-63H2,1-6H3,(H,78,79)(H,80,81)/t66-,67-,68-/m1/s1. The number of aliphatic hydroxyl groups excluding tert-OH is 1. The highest BCUT2D eigenvalue weighted by Gasteiger charge is 2.30. The van der Waals surface area contributed by atoms with Crippen LogP contribution in [0.1, 0.15) is 369 Å². The van der Waals surface area contributed by atoms with Gasteiger partial charge < -0.3 is 33.8 Å². The van der Waals surface area contributed by atoms with Crippen LogP contribution in [-0.2, 0) is 65.4 Å².